The van der Waals surface area contributed by atoms with Crippen molar-refractivity contribution in [1.82, 2.24) is 5.32 Å². The van der Waals surface area contributed by atoms with Crippen LogP contribution in [-0.2, 0) is 14.6 Å². The lowest BCUT2D eigenvalue weighted by molar-refractivity contribution is -0.118. The molecule has 3 N–H and O–H groups in total. The molecular weight excluding hydrogens is 228 g/mol. The molecule has 0 aliphatic carbocycles. The van der Waals surface area contributed by atoms with Crippen LogP contribution in [0.15, 0.2) is 0 Å². The summed E-state index contributed by atoms with van der Waals surface area (Å²) in [5.41, 5.74) is 5.01. The van der Waals surface area contributed by atoms with E-state index in [0.717, 1.165) is 32.2 Å². The highest BCUT2D eigenvalue weighted by molar-refractivity contribution is 7.91. The van der Waals surface area contributed by atoms with Crippen molar-refractivity contribution >= 4 is 15.7 Å². The Morgan fingerprint density at radius 2 is 2.12 bits per heavy atom. The summed E-state index contributed by atoms with van der Waals surface area (Å²) in [4.78, 5) is 10.5. The van der Waals surface area contributed by atoms with Crippen molar-refractivity contribution in [2.24, 2.45) is 5.73 Å². The summed E-state index contributed by atoms with van der Waals surface area (Å²) < 4.78 is 22.7. The van der Waals surface area contributed by atoms with E-state index in [9.17, 15) is 13.2 Å². The van der Waals surface area contributed by atoms with E-state index in [2.05, 4.69) is 5.32 Å². The van der Waals surface area contributed by atoms with Gasteiger partial charge in [-0.05, 0) is 32.2 Å². The van der Waals surface area contributed by atoms with Gasteiger partial charge in [0, 0.05) is 12.5 Å². The van der Waals surface area contributed by atoms with E-state index < -0.39 is 9.84 Å². The van der Waals surface area contributed by atoms with Crippen molar-refractivity contribution in [2.45, 2.75) is 38.1 Å². The van der Waals surface area contributed by atoms with E-state index in [-0.39, 0.29) is 17.7 Å². The second kappa shape index (κ2) is 6.20. The second-order valence-corrected chi connectivity index (χ2v) is 6.56. The third-order valence-corrected chi connectivity index (χ3v) is 4.57. The van der Waals surface area contributed by atoms with Crippen LogP contribution in [0.4, 0.5) is 0 Å². The van der Waals surface area contributed by atoms with Crippen LogP contribution in [0.5, 0.6) is 0 Å². The van der Waals surface area contributed by atoms with Crippen LogP contribution in [0, 0.1) is 0 Å². The zero-order valence-electron chi connectivity index (χ0n) is 9.44. The zero-order chi connectivity index (χ0) is 12.0. The van der Waals surface area contributed by atoms with E-state index in [1.165, 1.54) is 0 Å². The number of hydrogen-bond acceptors (Lipinski definition) is 4. The van der Waals surface area contributed by atoms with Crippen molar-refractivity contribution in [1.29, 1.82) is 0 Å². The molecule has 1 heterocycles. The summed E-state index contributed by atoms with van der Waals surface area (Å²) in [6.45, 7) is 0.757. The van der Waals surface area contributed by atoms with Gasteiger partial charge in [0.05, 0.1) is 11.5 Å². The first-order valence-corrected chi connectivity index (χ1v) is 7.54. The summed E-state index contributed by atoms with van der Waals surface area (Å²) in [6, 6.07) is 0.0901. The van der Waals surface area contributed by atoms with Crippen molar-refractivity contribution in [3.8, 4) is 0 Å². The molecule has 1 atom stereocenters. The summed E-state index contributed by atoms with van der Waals surface area (Å²) in [5, 5.41) is 3.22. The Balaban J connectivity index is 2.11. The van der Waals surface area contributed by atoms with E-state index in [1.54, 1.807) is 0 Å². The summed E-state index contributed by atoms with van der Waals surface area (Å²) in [7, 11) is -2.82. The maximum absolute atomic E-state index is 11.3. The molecule has 0 spiro atoms. The van der Waals surface area contributed by atoms with Gasteiger partial charge in [-0.3, -0.25) is 4.79 Å². The molecule has 1 unspecified atom stereocenters. The number of primary amides is 1. The predicted octanol–water partition coefficient (Wildman–Crippen LogP) is -0.191. The second-order valence-electron chi connectivity index (χ2n) is 4.33. The lowest BCUT2D eigenvalue weighted by Gasteiger charge is -2.22. The molecule has 0 aromatic carbocycles. The van der Waals surface area contributed by atoms with Crippen molar-refractivity contribution in [3.05, 3.63) is 0 Å². The molecule has 1 fully saturated rings. The maximum atomic E-state index is 11.3. The van der Waals surface area contributed by atoms with Gasteiger partial charge in [-0.15, -0.1) is 0 Å². The Labute approximate surface area is 96.7 Å². The molecule has 1 aliphatic heterocycles. The molecule has 6 heteroatoms. The normalized spacial score (nSPS) is 24.1. The van der Waals surface area contributed by atoms with Crippen LogP contribution in [0.1, 0.15) is 32.1 Å². The fourth-order valence-corrected chi connectivity index (χ4v) is 3.58. The molecule has 0 aromatic heterocycles. The molecule has 1 rings (SSSR count). The molecule has 1 saturated heterocycles. The summed E-state index contributed by atoms with van der Waals surface area (Å²) in [6.07, 6.45) is 3.71. The van der Waals surface area contributed by atoms with Gasteiger partial charge in [-0.2, -0.15) is 0 Å². The first kappa shape index (κ1) is 13.4. The number of rotatable bonds is 6. The van der Waals surface area contributed by atoms with Crippen LogP contribution in [0.3, 0.4) is 0 Å². The van der Waals surface area contributed by atoms with Crippen LogP contribution >= 0.6 is 0 Å². The monoisotopic (exact) mass is 248 g/mol. The lowest BCUT2D eigenvalue weighted by atomic mass is 10.1. The highest BCUT2D eigenvalue weighted by atomic mass is 32.2. The molecule has 0 bridgehead atoms. The SMILES string of the molecule is NC(=O)CCCCNC1CCCS(=O)(=O)C1. The van der Waals surface area contributed by atoms with Crippen molar-refractivity contribution in [3.63, 3.8) is 0 Å². The molecule has 0 radical (unpaired) electrons. The smallest absolute Gasteiger partial charge is 0.217 e. The Bertz CT molecular complexity index is 327. The molecule has 16 heavy (non-hydrogen) atoms. The number of nitrogens with one attached hydrogen (secondary N) is 1. The van der Waals surface area contributed by atoms with Crippen LogP contribution < -0.4 is 11.1 Å². The van der Waals surface area contributed by atoms with Crippen LogP contribution in [0.25, 0.3) is 0 Å². The number of amides is 1. The molecular formula is C10H20N2O3S. The summed E-state index contributed by atoms with van der Waals surface area (Å²) >= 11 is 0. The molecule has 1 aliphatic rings. The summed E-state index contributed by atoms with van der Waals surface area (Å²) in [5.74, 6) is 0.301. The number of carbonyl (C=O) groups excluding carboxylic acids is 1. The first-order chi connectivity index (χ1) is 7.49. The standard InChI is InChI=1S/C10H20N2O3S/c11-10(13)5-1-2-6-12-9-4-3-7-16(14,15)8-9/h9,12H,1-8H2,(H2,11,13). The Morgan fingerprint density at radius 1 is 1.38 bits per heavy atom. The largest absolute Gasteiger partial charge is 0.370 e. The quantitative estimate of drug-likeness (QED) is 0.638. The van der Waals surface area contributed by atoms with Crippen molar-refractivity contribution < 1.29 is 13.2 Å². The average Bonchev–Trinajstić information content (AvgIpc) is 2.15. The molecule has 1 amide bonds. The number of unbranched alkanes of at least 4 members (excludes halogenated alkanes) is 1. The van der Waals surface area contributed by atoms with E-state index >= 15 is 0 Å². The lowest BCUT2D eigenvalue weighted by Crippen LogP contribution is -2.40. The van der Waals surface area contributed by atoms with Crippen molar-refractivity contribution in [2.75, 3.05) is 18.1 Å². The van der Waals surface area contributed by atoms with Gasteiger partial charge in [0.1, 0.15) is 0 Å². The number of nitrogens with two attached hydrogens (primary N) is 1. The average molecular weight is 248 g/mol. The van der Waals surface area contributed by atoms with Gasteiger partial charge in [0.2, 0.25) is 5.91 Å². The molecule has 5 nitrogen and oxygen atoms in total. The highest BCUT2D eigenvalue weighted by Crippen LogP contribution is 2.11. The Kier molecular flexibility index (Phi) is 5.21. The van der Waals surface area contributed by atoms with Gasteiger partial charge in [0.15, 0.2) is 9.84 Å². The number of sulfone groups is 1. The van der Waals surface area contributed by atoms with E-state index in [4.69, 9.17) is 5.73 Å². The van der Waals surface area contributed by atoms with Crippen LogP contribution in [0.2, 0.25) is 0 Å². The minimum Gasteiger partial charge on any atom is -0.370 e. The molecule has 0 saturated carbocycles. The minimum atomic E-state index is -2.82. The number of hydrogen-bond donors (Lipinski definition) is 2. The van der Waals surface area contributed by atoms with Crippen LogP contribution in [-0.4, -0.2) is 38.4 Å². The Morgan fingerprint density at radius 3 is 2.75 bits per heavy atom. The first-order valence-electron chi connectivity index (χ1n) is 5.72. The van der Waals surface area contributed by atoms with E-state index in [0.29, 0.717) is 12.2 Å². The third-order valence-electron chi connectivity index (χ3n) is 2.75. The number of carbonyl (C=O) groups is 1. The van der Waals surface area contributed by atoms with Gasteiger partial charge in [-0.1, -0.05) is 0 Å². The van der Waals surface area contributed by atoms with Gasteiger partial charge < -0.3 is 11.1 Å². The fourth-order valence-electron chi connectivity index (χ4n) is 1.91. The van der Waals surface area contributed by atoms with E-state index in [1.807, 2.05) is 0 Å². The van der Waals surface area contributed by atoms with Gasteiger partial charge >= 0.3 is 0 Å². The van der Waals surface area contributed by atoms with Gasteiger partial charge in [-0.25, -0.2) is 8.42 Å². The third kappa shape index (κ3) is 5.46. The topological polar surface area (TPSA) is 89.3 Å². The highest BCUT2D eigenvalue weighted by Gasteiger charge is 2.23. The van der Waals surface area contributed by atoms with Gasteiger partial charge in [0.25, 0.3) is 0 Å². The maximum Gasteiger partial charge on any atom is 0.217 e. The minimum absolute atomic E-state index is 0.0901. The molecule has 0 aromatic rings. The zero-order valence-corrected chi connectivity index (χ0v) is 10.3. The Hall–Kier alpha value is -0.620. The predicted molar refractivity (Wildman–Crippen MR) is 62.7 cm³/mol. The fraction of sp³-hybridized carbons (Fsp3) is 0.900. The molecule has 94 valence electrons.